The van der Waals surface area contributed by atoms with E-state index in [1.54, 1.807) is 48.5 Å². The number of anilines is 2. The topological polar surface area (TPSA) is 104 Å². The van der Waals surface area contributed by atoms with E-state index in [0.717, 1.165) is 15.6 Å². The molecule has 0 aliphatic rings. The lowest BCUT2D eigenvalue weighted by molar-refractivity contribution is -0.129. The minimum Gasteiger partial charge on any atom is -0.397 e. The van der Waals surface area contributed by atoms with Crippen molar-refractivity contribution in [3.8, 4) is 0 Å². The Morgan fingerprint density at radius 3 is 2.48 bits per heavy atom. The minimum absolute atomic E-state index is 0.262. The molecule has 0 spiro atoms. The highest BCUT2D eigenvalue weighted by molar-refractivity contribution is 7.20. The van der Waals surface area contributed by atoms with Crippen molar-refractivity contribution in [3.63, 3.8) is 0 Å². The molecule has 31 heavy (non-hydrogen) atoms. The first-order valence-corrected chi connectivity index (χ1v) is 10.5. The van der Waals surface area contributed by atoms with E-state index in [-0.39, 0.29) is 5.91 Å². The second-order valence-corrected chi connectivity index (χ2v) is 8.14. The molecule has 1 aromatic heterocycles. The SMILES string of the molecule is Nc1ccccc1NC(=O)c1cc2ccc(C(O)C(=O)NCc3ccccc3)cc2s1. The van der Waals surface area contributed by atoms with E-state index in [9.17, 15) is 14.7 Å². The summed E-state index contributed by atoms with van der Waals surface area (Å²) < 4.78 is 0.804. The molecule has 0 saturated carbocycles. The molecule has 1 unspecified atom stereocenters. The lowest BCUT2D eigenvalue weighted by Gasteiger charge is -2.12. The van der Waals surface area contributed by atoms with Crippen molar-refractivity contribution in [2.75, 3.05) is 11.1 Å². The normalized spacial score (nSPS) is 11.8. The third-order valence-electron chi connectivity index (χ3n) is 4.85. The van der Waals surface area contributed by atoms with Crippen LogP contribution < -0.4 is 16.4 Å². The van der Waals surface area contributed by atoms with Gasteiger partial charge in [0.25, 0.3) is 11.8 Å². The van der Waals surface area contributed by atoms with Gasteiger partial charge in [-0.3, -0.25) is 9.59 Å². The molecule has 0 saturated heterocycles. The molecule has 4 aromatic rings. The number of aliphatic hydroxyl groups excluding tert-OH is 1. The third kappa shape index (κ3) is 4.74. The molecule has 7 heteroatoms. The Labute approximate surface area is 183 Å². The predicted octanol–water partition coefficient (Wildman–Crippen LogP) is 4.09. The number of carbonyl (C=O) groups excluding carboxylic acids is 2. The Hall–Kier alpha value is -3.68. The van der Waals surface area contributed by atoms with E-state index < -0.39 is 12.0 Å². The summed E-state index contributed by atoms with van der Waals surface area (Å²) in [4.78, 5) is 25.5. The van der Waals surface area contributed by atoms with Crippen molar-refractivity contribution in [1.82, 2.24) is 5.32 Å². The molecule has 0 aliphatic heterocycles. The summed E-state index contributed by atoms with van der Waals surface area (Å²) in [5, 5.41) is 16.9. The fourth-order valence-corrected chi connectivity index (χ4v) is 4.16. The van der Waals surface area contributed by atoms with Gasteiger partial charge in [-0.25, -0.2) is 0 Å². The van der Waals surface area contributed by atoms with E-state index in [1.165, 1.54) is 11.3 Å². The van der Waals surface area contributed by atoms with Crippen LogP contribution in [0.3, 0.4) is 0 Å². The Morgan fingerprint density at radius 1 is 0.968 bits per heavy atom. The van der Waals surface area contributed by atoms with Crippen molar-refractivity contribution in [3.05, 3.63) is 94.9 Å². The van der Waals surface area contributed by atoms with E-state index >= 15 is 0 Å². The van der Waals surface area contributed by atoms with Gasteiger partial charge in [0.05, 0.1) is 16.3 Å². The van der Waals surface area contributed by atoms with Crippen LogP contribution in [0.2, 0.25) is 0 Å². The summed E-state index contributed by atoms with van der Waals surface area (Å²) in [6.45, 7) is 0.338. The van der Waals surface area contributed by atoms with Crippen LogP contribution in [0, 0.1) is 0 Å². The number of hydrogen-bond acceptors (Lipinski definition) is 5. The van der Waals surface area contributed by atoms with Crippen LogP contribution in [0.5, 0.6) is 0 Å². The van der Waals surface area contributed by atoms with Crippen LogP contribution in [0.15, 0.2) is 78.9 Å². The van der Waals surface area contributed by atoms with Gasteiger partial charge in [0, 0.05) is 11.2 Å². The summed E-state index contributed by atoms with van der Waals surface area (Å²) in [5.41, 5.74) is 8.35. The first-order valence-electron chi connectivity index (χ1n) is 9.70. The number of nitrogens with two attached hydrogens (primary N) is 1. The van der Waals surface area contributed by atoms with Crippen LogP contribution in [0.4, 0.5) is 11.4 Å². The number of fused-ring (bicyclic) bond motifs is 1. The van der Waals surface area contributed by atoms with Gasteiger partial charge in [-0.05, 0) is 40.8 Å². The first kappa shape index (κ1) is 20.6. The maximum Gasteiger partial charge on any atom is 0.265 e. The second-order valence-electron chi connectivity index (χ2n) is 7.06. The highest BCUT2D eigenvalue weighted by Gasteiger charge is 2.19. The van der Waals surface area contributed by atoms with Crippen molar-refractivity contribution in [2.24, 2.45) is 0 Å². The quantitative estimate of drug-likeness (QED) is 0.345. The minimum atomic E-state index is -1.29. The molecular weight excluding hydrogens is 410 g/mol. The number of nitrogens with one attached hydrogen (secondary N) is 2. The van der Waals surface area contributed by atoms with Crippen molar-refractivity contribution in [1.29, 1.82) is 0 Å². The maximum atomic E-state index is 12.6. The molecule has 2 amide bonds. The first-order chi connectivity index (χ1) is 15.0. The van der Waals surface area contributed by atoms with Crippen LogP contribution in [0.25, 0.3) is 10.1 Å². The Balaban J connectivity index is 1.47. The zero-order valence-electron chi connectivity index (χ0n) is 16.5. The second kappa shape index (κ2) is 8.99. The molecule has 0 radical (unpaired) electrons. The van der Waals surface area contributed by atoms with Gasteiger partial charge in [-0.2, -0.15) is 0 Å². The Bertz CT molecular complexity index is 1240. The van der Waals surface area contributed by atoms with Gasteiger partial charge in [0.15, 0.2) is 6.10 Å². The van der Waals surface area contributed by atoms with Crippen molar-refractivity contribution in [2.45, 2.75) is 12.6 Å². The molecule has 0 bridgehead atoms. The number of carbonyl (C=O) groups is 2. The average Bonchev–Trinajstić information content (AvgIpc) is 3.23. The molecule has 1 atom stereocenters. The number of aliphatic hydroxyl groups is 1. The van der Waals surface area contributed by atoms with E-state index in [2.05, 4.69) is 10.6 Å². The summed E-state index contributed by atoms with van der Waals surface area (Å²) >= 11 is 1.29. The maximum absolute atomic E-state index is 12.6. The monoisotopic (exact) mass is 431 g/mol. The fourth-order valence-electron chi connectivity index (χ4n) is 3.16. The fraction of sp³-hybridized carbons (Fsp3) is 0.0833. The average molecular weight is 432 g/mol. The van der Waals surface area contributed by atoms with Crippen molar-refractivity contribution >= 4 is 44.6 Å². The lowest BCUT2D eigenvalue weighted by atomic mass is 10.1. The molecular formula is C24H21N3O3S. The number of nitrogen functional groups attached to an aromatic ring is 1. The van der Waals surface area contributed by atoms with Crippen LogP contribution in [0.1, 0.15) is 26.9 Å². The highest BCUT2D eigenvalue weighted by Crippen LogP contribution is 2.30. The summed E-state index contributed by atoms with van der Waals surface area (Å²) in [6, 6.07) is 23.5. The zero-order valence-corrected chi connectivity index (χ0v) is 17.4. The standard InChI is InChI=1S/C24H21N3O3S/c25-18-8-4-5-9-19(18)27-23(29)21-12-16-10-11-17(13-20(16)31-21)22(28)24(30)26-14-15-6-2-1-3-7-15/h1-13,22,28H,14,25H2,(H,26,30)(H,27,29). The van der Waals surface area contributed by atoms with Gasteiger partial charge in [0.2, 0.25) is 0 Å². The predicted molar refractivity (Wildman–Crippen MR) is 124 cm³/mol. The number of benzene rings is 3. The van der Waals surface area contributed by atoms with E-state index in [0.29, 0.717) is 28.4 Å². The summed E-state index contributed by atoms with van der Waals surface area (Å²) in [5.74, 6) is -0.737. The van der Waals surface area contributed by atoms with Crippen molar-refractivity contribution < 1.29 is 14.7 Å². The number of hydrogen-bond donors (Lipinski definition) is 4. The van der Waals surface area contributed by atoms with Gasteiger partial charge >= 0.3 is 0 Å². The molecule has 3 aromatic carbocycles. The molecule has 0 aliphatic carbocycles. The van der Waals surface area contributed by atoms with E-state index in [4.69, 9.17) is 5.73 Å². The number of thiophene rings is 1. The lowest BCUT2D eigenvalue weighted by Crippen LogP contribution is -2.28. The summed E-state index contributed by atoms with van der Waals surface area (Å²) in [7, 11) is 0. The smallest absolute Gasteiger partial charge is 0.265 e. The van der Waals surface area contributed by atoms with Crippen LogP contribution in [-0.2, 0) is 11.3 Å². The molecule has 1 heterocycles. The number of rotatable bonds is 6. The Kier molecular flexibility index (Phi) is 5.97. The largest absolute Gasteiger partial charge is 0.397 e. The van der Waals surface area contributed by atoms with Gasteiger partial charge in [-0.1, -0.05) is 54.6 Å². The van der Waals surface area contributed by atoms with Gasteiger partial charge < -0.3 is 21.5 Å². The molecule has 6 nitrogen and oxygen atoms in total. The zero-order chi connectivity index (χ0) is 21.8. The van der Waals surface area contributed by atoms with Crippen LogP contribution in [-0.4, -0.2) is 16.9 Å². The number of amides is 2. The molecule has 156 valence electrons. The van der Waals surface area contributed by atoms with Crippen LogP contribution >= 0.6 is 11.3 Å². The molecule has 4 rings (SSSR count). The highest BCUT2D eigenvalue weighted by atomic mass is 32.1. The molecule has 0 fully saturated rings. The number of para-hydroxylation sites is 2. The Morgan fingerprint density at radius 2 is 1.71 bits per heavy atom. The van der Waals surface area contributed by atoms with Gasteiger partial charge in [-0.15, -0.1) is 11.3 Å². The molecule has 5 N–H and O–H groups in total. The van der Waals surface area contributed by atoms with E-state index in [1.807, 2.05) is 30.3 Å². The third-order valence-corrected chi connectivity index (χ3v) is 5.95. The van der Waals surface area contributed by atoms with Gasteiger partial charge in [0.1, 0.15) is 0 Å². The summed E-state index contributed by atoms with van der Waals surface area (Å²) in [6.07, 6.45) is -1.29.